The first-order chi connectivity index (χ1) is 38.3. The van der Waals surface area contributed by atoms with Gasteiger partial charge >= 0.3 is 36.1 Å². The maximum Gasteiger partial charge on any atom is 0.471 e. The predicted molar refractivity (Wildman–Crippen MR) is 296 cm³/mol. The molecule has 0 saturated carbocycles. The van der Waals surface area contributed by atoms with E-state index in [2.05, 4.69) is 16.0 Å². The summed E-state index contributed by atoms with van der Waals surface area (Å²) in [5.74, 6) is -8.58. The first-order valence-electron chi connectivity index (χ1n) is 26.0. The third-order valence-electron chi connectivity index (χ3n) is 13.1. The van der Waals surface area contributed by atoms with E-state index < -0.39 is 90.2 Å². The van der Waals surface area contributed by atoms with Crippen molar-refractivity contribution in [1.82, 2.24) is 16.0 Å². The number of amides is 2. The highest BCUT2D eigenvalue weighted by Gasteiger charge is 2.52. The molecule has 0 spiro atoms. The van der Waals surface area contributed by atoms with Gasteiger partial charge in [0, 0.05) is 18.6 Å². The standard InChI is InChI=1S/C30H33F3N2O3.C23H27F3N2O3.C8H6O4.CH4/c1-29(2)37-26(24(18-21-12-6-3-7-13-21)34-20-23-16-10-5-11-17-23)27(38-29)25(35-28(36)30(31,32)33)19-22-14-8-4-9-15-22;1-22(2)30-19(17(27)13-15-9-5-3-6-10-15)20(31-22)18(28-21(29)23(24,25)26)14-16-11-7-4-8-12-16;9-7(10)5-3-1-2-4-6(5)8(11)12;/h3-17,24-27,34H,18-20H2,1-2H3,(H,35,36);3-12,17-20H,13-14,27H2,1-2H3,(H,28,29);1-4H,(H,9,10)(H,11,12);1H4/t24-,25-,26+,27+;17-,18-,19+,20+;;/m11../s1. The van der Waals surface area contributed by atoms with Gasteiger partial charge in [-0.25, -0.2) is 9.59 Å². The van der Waals surface area contributed by atoms with Crippen LogP contribution in [0, 0.1) is 0 Å². The molecule has 2 aliphatic rings. The summed E-state index contributed by atoms with van der Waals surface area (Å²) in [7, 11) is 0. The molecule has 8 atom stereocenters. The molecule has 2 fully saturated rings. The molecule has 20 heteroatoms. The highest BCUT2D eigenvalue weighted by atomic mass is 19.4. The highest BCUT2D eigenvalue weighted by molar-refractivity contribution is 6.01. The van der Waals surface area contributed by atoms with Crippen LogP contribution in [0.3, 0.4) is 0 Å². The van der Waals surface area contributed by atoms with Crippen molar-refractivity contribution in [3.05, 3.63) is 215 Å². The molecular weight excluding hydrogens is 1070 g/mol. The lowest BCUT2D eigenvalue weighted by Crippen LogP contribution is -2.56. The van der Waals surface area contributed by atoms with Crippen LogP contribution in [-0.4, -0.2) is 106 Å². The summed E-state index contributed by atoms with van der Waals surface area (Å²) in [4.78, 5) is 44.8. The van der Waals surface area contributed by atoms with E-state index >= 15 is 0 Å². The first kappa shape index (κ1) is 65.4. The number of carbonyl (C=O) groups excluding carboxylic acids is 2. The summed E-state index contributed by atoms with van der Waals surface area (Å²) in [6, 6.07) is 49.9. The van der Waals surface area contributed by atoms with Crippen molar-refractivity contribution in [3.8, 4) is 0 Å². The zero-order valence-corrected chi connectivity index (χ0v) is 44.9. The minimum atomic E-state index is -5.02. The summed E-state index contributed by atoms with van der Waals surface area (Å²) < 4.78 is 104. The van der Waals surface area contributed by atoms with Crippen LogP contribution in [0.5, 0.6) is 0 Å². The van der Waals surface area contributed by atoms with E-state index in [1.54, 1.807) is 52.0 Å². The Balaban J connectivity index is 0.000000251. The van der Waals surface area contributed by atoms with Gasteiger partial charge in [0.25, 0.3) is 0 Å². The van der Waals surface area contributed by atoms with Crippen molar-refractivity contribution in [2.24, 2.45) is 5.73 Å². The number of nitrogens with one attached hydrogen (secondary N) is 3. The number of carboxylic acids is 2. The number of hydrogen-bond acceptors (Lipinski definition) is 10. The Morgan fingerprint density at radius 1 is 0.451 bits per heavy atom. The number of rotatable bonds is 19. The number of nitrogens with two attached hydrogens (primary N) is 1. The topological polar surface area (TPSA) is 208 Å². The Morgan fingerprint density at radius 2 is 0.720 bits per heavy atom. The predicted octanol–water partition coefficient (Wildman–Crippen LogP) is 10.3. The Kier molecular flexibility index (Phi) is 23.5. The molecule has 82 heavy (non-hydrogen) atoms. The van der Waals surface area contributed by atoms with Gasteiger partial charge in [-0.2, -0.15) is 26.3 Å². The van der Waals surface area contributed by atoms with Gasteiger partial charge < -0.3 is 50.8 Å². The Labute approximate surface area is 473 Å². The lowest BCUT2D eigenvalue weighted by Gasteiger charge is -2.33. The highest BCUT2D eigenvalue weighted by Crippen LogP contribution is 2.36. The molecule has 0 aliphatic carbocycles. The molecule has 440 valence electrons. The van der Waals surface area contributed by atoms with Crippen LogP contribution in [0.1, 0.15) is 83.7 Å². The van der Waals surface area contributed by atoms with E-state index in [1.807, 2.05) is 127 Å². The zero-order chi connectivity index (χ0) is 59.0. The van der Waals surface area contributed by atoms with E-state index in [4.69, 9.17) is 34.9 Å². The van der Waals surface area contributed by atoms with Gasteiger partial charge in [0.2, 0.25) is 0 Å². The molecule has 2 saturated heterocycles. The summed E-state index contributed by atoms with van der Waals surface area (Å²) in [6.45, 7) is 7.37. The van der Waals surface area contributed by atoms with E-state index in [0.29, 0.717) is 19.4 Å². The maximum absolute atomic E-state index is 13.3. The van der Waals surface area contributed by atoms with E-state index in [9.17, 15) is 45.5 Å². The van der Waals surface area contributed by atoms with Crippen LogP contribution in [0.15, 0.2) is 176 Å². The summed E-state index contributed by atoms with van der Waals surface area (Å²) in [5, 5.41) is 25.0. The number of hydrogen-bond donors (Lipinski definition) is 6. The van der Waals surface area contributed by atoms with Crippen LogP contribution in [0.25, 0.3) is 0 Å². The smallest absolute Gasteiger partial charge is 0.471 e. The third kappa shape index (κ3) is 19.9. The number of aromatic carboxylic acids is 2. The average Bonchev–Trinajstić information content (AvgIpc) is 4.21. The maximum atomic E-state index is 13.3. The molecular formula is C62H70F6N4O10. The SMILES string of the molecule is C.CC1(C)O[C@@H]([C@@H](Cc2ccccc2)NCc2ccccc2)[C@H]([C@@H](Cc2ccccc2)NC(=O)C(F)(F)F)O1.CC1(C)O[C@@H]([C@H](N)Cc2ccccc2)[C@H]([C@@H](Cc2ccccc2)NC(=O)C(F)(F)F)O1.O=C(O)c1ccccc1C(=O)O. The number of carbonyl (C=O) groups is 4. The molecule has 6 aromatic carbocycles. The van der Waals surface area contributed by atoms with Gasteiger partial charge in [-0.05, 0) is 93.3 Å². The molecule has 0 radical (unpaired) electrons. The molecule has 14 nitrogen and oxygen atoms in total. The quantitative estimate of drug-likeness (QED) is 0.0419. The molecule has 2 heterocycles. The van der Waals surface area contributed by atoms with Gasteiger partial charge in [-0.3, -0.25) is 9.59 Å². The lowest BCUT2D eigenvalue weighted by molar-refractivity contribution is -0.176. The van der Waals surface area contributed by atoms with Crippen molar-refractivity contribution in [2.75, 3.05) is 0 Å². The van der Waals surface area contributed by atoms with Crippen molar-refractivity contribution in [3.63, 3.8) is 0 Å². The number of benzene rings is 6. The van der Waals surface area contributed by atoms with E-state index in [1.165, 1.54) is 24.3 Å². The number of alkyl halides is 6. The van der Waals surface area contributed by atoms with Crippen molar-refractivity contribution < 1.29 is 74.7 Å². The second-order valence-electron chi connectivity index (χ2n) is 20.3. The van der Waals surface area contributed by atoms with Crippen LogP contribution in [-0.2, 0) is 60.8 Å². The van der Waals surface area contributed by atoms with Gasteiger partial charge in [0.1, 0.15) is 24.4 Å². The fourth-order valence-corrected chi connectivity index (χ4v) is 9.51. The second kappa shape index (κ2) is 29.5. The summed E-state index contributed by atoms with van der Waals surface area (Å²) in [6.07, 6.45) is -11.8. The molecule has 2 aliphatic heterocycles. The fourth-order valence-electron chi connectivity index (χ4n) is 9.51. The second-order valence-corrected chi connectivity index (χ2v) is 20.3. The largest absolute Gasteiger partial charge is 0.478 e. The molecule has 0 bridgehead atoms. The minimum absolute atomic E-state index is 0. The van der Waals surface area contributed by atoms with Crippen molar-refractivity contribution in [2.45, 2.75) is 140 Å². The molecule has 7 N–H and O–H groups in total. The minimum Gasteiger partial charge on any atom is -0.478 e. The van der Waals surface area contributed by atoms with Gasteiger partial charge in [-0.15, -0.1) is 0 Å². The average molecular weight is 1150 g/mol. The van der Waals surface area contributed by atoms with Crippen LogP contribution in [0.4, 0.5) is 26.3 Å². The number of carboxylic acid groups (broad SMARTS) is 2. The van der Waals surface area contributed by atoms with E-state index in [0.717, 1.165) is 27.8 Å². The third-order valence-corrected chi connectivity index (χ3v) is 13.1. The van der Waals surface area contributed by atoms with Gasteiger partial charge in [-0.1, -0.05) is 171 Å². The first-order valence-corrected chi connectivity index (χ1v) is 26.0. The summed E-state index contributed by atoms with van der Waals surface area (Å²) in [5.41, 5.74) is 10.7. The fraction of sp³-hybridized carbons (Fsp3) is 0.355. The number of ether oxygens (including phenoxy) is 4. The van der Waals surface area contributed by atoms with E-state index in [-0.39, 0.29) is 37.4 Å². The Hall–Kier alpha value is -7.46. The molecule has 0 unspecified atom stereocenters. The molecule has 0 aromatic heterocycles. The Morgan fingerprint density at radius 3 is 1.05 bits per heavy atom. The van der Waals surface area contributed by atoms with Gasteiger partial charge in [0.05, 0.1) is 23.2 Å². The lowest BCUT2D eigenvalue weighted by atomic mass is 9.91. The monoisotopic (exact) mass is 1140 g/mol. The zero-order valence-electron chi connectivity index (χ0n) is 44.9. The normalized spacial score (nSPS) is 19.5. The Bertz CT molecular complexity index is 2910. The van der Waals surface area contributed by atoms with Crippen molar-refractivity contribution >= 4 is 23.8 Å². The molecule has 6 aromatic rings. The van der Waals surface area contributed by atoms with Crippen LogP contribution >= 0.6 is 0 Å². The van der Waals surface area contributed by atoms with Crippen LogP contribution < -0.4 is 21.7 Å². The van der Waals surface area contributed by atoms with Gasteiger partial charge in [0.15, 0.2) is 11.6 Å². The summed E-state index contributed by atoms with van der Waals surface area (Å²) >= 11 is 0. The van der Waals surface area contributed by atoms with Crippen molar-refractivity contribution in [1.29, 1.82) is 0 Å². The molecule has 8 rings (SSSR count). The molecule has 2 amide bonds. The number of halogens is 6. The van der Waals surface area contributed by atoms with Crippen LogP contribution in [0.2, 0.25) is 0 Å².